The smallest absolute Gasteiger partial charge is 0.268 e. The summed E-state index contributed by atoms with van der Waals surface area (Å²) >= 11 is 1.78. The molecule has 0 radical (unpaired) electrons. The lowest BCUT2D eigenvalue weighted by Gasteiger charge is -2.11. The van der Waals surface area contributed by atoms with Crippen molar-refractivity contribution in [3.05, 3.63) is 19.7 Å². The molecular formula is C9H13IN2O2. The van der Waals surface area contributed by atoms with Crippen molar-refractivity contribution in [1.82, 2.24) is 9.97 Å². The number of hydrogen-bond donors (Lipinski definition) is 2. The second kappa shape index (κ2) is 4.77. The maximum atomic E-state index is 11.3. The number of H-pyrrole nitrogens is 1. The lowest BCUT2D eigenvalue weighted by molar-refractivity contribution is 0.437. The van der Waals surface area contributed by atoms with Gasteiger partial charge in [0.05, 0.1) is 0 Å². The molecule has 0 saturated heterocycles. The highest BCUT2D eigenvalue weighted by Gasteiger charge is 2.13. The zero-order chi connectivity index (χ0) is 10.7. The summed E-state index contributed by atoms with van der Waals surface area (Å²) in [6, 6.07) is 0. The molecule has 0 aliphatic rings. The van der Waals surface area contributed by atoms with Crippen molar-refractivity contribution in [3.8, 4) is 5.88 Å². The number of nitrogens with zero attached hydrogens (tertiary/aromatic N) is 1. The minimum atomic E-state index is -0.264. The molecule has 0 aliphatic carbocycles. The standard InChI is InChI=1S/C9H13IN2O2/c1-3-5(4-2)7-11-8(13)6(10)9(14)12-7/h5H,3-4H2,1-2H3,(H2,11,12,13,14). The largest absolute Gasteiger partial charge is 0.492 e. The lowest BCUT2D eigenvalue weighted by atomic mass is 10.0. The molecule has 5 heteroatoms. The van der Waals surface area contributed by atoms with Crippen molar-refractivity contribution in [3.63, 3.8) is 0 Å². The number of nitrogens with one attached hydrogen (secondary N) is 1. The third-order valence-electron chi connectivity index (χ3n) is 2.24. The van der Waals surface area contributed by atoms with Crippen LogP contribution in [0.5, 0.6) is 5.88 Å². The molecule has 0 fully saturated rings. The van der Waals surface area contributed by atoms with Crippen LogP contribution in [0.15, 0.2) is 4.79 Å². The SMILES string of the molecule is CCC(CC)c1nc(O)c(I)c(=O)[nH]1. The third-order valence-corrected chi connectivity index (χ3v) is 3.21. The minimum absolute atomic E-state index is 0.170. The molecule has 1 aromatic rings. The van der Waals surface area contributed by atoms with Crippen LogP contribution in [-0.4, -0.2) is 15.1 Å². The van der Waals surface area contributed by atoms with Crippen molar-refractivity contribution in [2.45, 2.75) is 32.6 Å². The van der Waals surface area contributed by atoms with Gasteiger partial charge in [0.2, 0.25) is 5.88 Å². The predicted octanol–water partition coefficient (Wildman–Crippen LogP) is 1.98. The molecule has 0 amide bonds. The predicted molar refractivity (Wildman–Crippen MR) is 62.6 cm³/mol. The molecule has 0 saturated carbocycles. The molecule has 2 N–H and O–H groups in total. The first-order valence-electron chi connectivity index (χ1n) is 4.58. The van der Waals surface area contributed by atoms with Crippen LogP contribution in [-0.2, 0) is 0 Å². The summed E-state index contributed by atoms with van der Waals surface area (Å²) in [4.78, 5) is 18.0. The summed E-state index contributed by atoms with van der Waals surface area (Å²) in [5.41, 5.74) is -0.264. The number of aromatic amines is 1. The molecule has 0 unspecified atom stereocenters. The van der Waals surface area contributed by atoms with Gasteiger partial charge in [-0.05, 0) is 35.4 Å². The van der Waals surface area contributed by atoms with Crippen molar-refractivity contribution in [1.29, 1.82) is 0 Å². The van der Waals surface area contributed by atoms with E-state index in [4.69, 9.17) is 0 Å². The topological polar surface area (TPSA) is 66.0 Å². The Labute approximate surface area is 95.9 Å². The molecule has 0 spiro atoms. The van der Waals surface area contributed by atoms with Crippen molar-refractivity contribution in [2.24, 2.45) is 0 Å². The lowest BCUT2D eigenvalue weighted by Crippen LogP contribution is -2.16. The van der Waals surface area contributed by atoms with E-state index in [2.05, 4.69) is 9.97 Å². The highest BCUT2D eigenvalue weighted by Crippen LogP contribution is 2.21. The fourth-order valence-corrected chi connectivity index (χ4v) is 1.59. The Morgan fingerprint density at radius 2 is 2.07 bits per heavy atom. The Morgan fingerprint density at radius 1 is 1.50 bits per heavy atom. The normalized spacial score (nSPS) is 10.9. The van der Waals surface area contributed by atoms with Gasteiger partial charge < -0.3 is 10.1 Å². The van der Waals surface area contributed by atoms with Gasteiger partial charge in [-0.25, -0.2) is 0 Å². The fourth-order valence-electron chi connectivity index (χ4n) is 1.33. The number of halogens is 1. The molecule has 0 bridgehead atoms. The van der Waals surface area contributed by atoms with Gasteiger partial charge in [0.1, 0.15) is 9.39 Å². The van der Waals surface area contributed by atoms with Gasteiger partial charge in [-0.2, -0.15) is 4.98 Å². The second-order valence-electron chi connectivity index (χ2n) is 3.10. The number of aromatic hydroxyl groups is 1. The van der Waals surface area contributed by atoms with E-state index in [0.29, 0.717) is 5.82 Å². The molecule has 0 atom stereocenters. The Kier molecular flexibility index (Phi) is 3.91. The zero-order valence-corrected chi connectivity index (χ0v) is 10.3. The van der Waals surface area contributed by atoms with Gasteiger partial charge in [-0.1, -0.05) is 13.8 Å². The van der Waals surface area contributed by atoms with Gasteiger partial charge in [-0.15, -0.1) is 0 Å². The Morgan fingerprint density at radius 3 is 2.50 bits per heavy atom. The molecule has 1 rings (SSSR count). The van der Waals surface area contributed by atoms with Crippen molar-refractivity contribution < 1.29 is 5.11 Å². The van der Waals surface area contributed by atoms with Gasteiger partial charge >= 0.3 is 0 Å². The maximum absolute atomic E-state index is 11.3. The molecule has 0 aliphatic heterocycles. The highest BCUT2D eigenvalue weighted by molar-refractivity contribution is 14.1. The molecule has 78 valence electrons. The van der Waals surface area contributed by atoms with Gasteiger partial charge in [0.25, 0.3) is 5.56 Å². The van der Waals surface area contributed by atoms with E-state index in [1.54, 1.807) is 22.6 Å². The molecule has 14 heavy (non-hydrogen) atoms. The average Bonchev–Trinajstić information content (AvgIpc) is 2.16. The van der Waals surface area contributed by atoms with E-state index in [9.17, 15) is 9.90 Å². The molecular weight excluding hydrogens is 295 g/mol. The fraction of sp³-hybridized carbons (Fsp3) is 0.556. The Hall–Kier alpha value is -0.590. The van der Waals surface area contributed by atoms with Crippen LogP contribution in [0.1, 0.15) is 38.4 Å². The minimum Gasteiger partial charge on any atom is -0.492 e. The van der Waals surface area contributed by atoms with E-state index in [1.807, 2.05) is 13.8 Å². The number of aromatic nitrogens is 2. The van der Waals surface area contributed by atoms with Gasteiger partial charge in [-0.3, -0.25) is 4.79 Å². The van der Waals surface area contributed by atoms with Crippen LogP contribution in [0, 0.1) is 3.57 Å². The Balaban J connectivity index is 3.18. The van der Waals surface area contributed by atoms with Crippen LogP contribution in [0.4, 0.5) is 0 Å². The van der Waals surface area contributed by atoms with Crippen LogP contribution in [0.25, 0.3) is 0 Å². The van der Waals surface area contributed by atoms with E-state index in [-0.39, 0.29) is 20.9 Å². The quantitative estimate of drug-likeness (QED) is 0.839. The molecule has 0 aromatic carbocycles. The number of rotatable bonds is 3. The monoisotopic (exact) mass is 308 g/mol. The van der Waals surface area contributed by atoms with E-state index in [1.165, 1.54) is 0 Å². The Bertz CT molecular complexity index is 372. The first-order valence-corrected chi connectivity index (χ1v) is 5.66. The van der Waals surface area contributed by atoms with Crippen molar-refractivity contribution >= 4 is 22.6 Å². The maximum Gasteiger partial charge on any atom is 0.268 e. The van der Waals surface area contributed by atoms with Crippen LogP contribution in [0.3, 0.4) is 0 Å². The molecule has 4 nitrogen and oxygen atoms in total. The third kappa shape index (κ3) is 2.26. The van der Waals surface area contributed by atoms with Crippen LogP contribution in [0.2, 0.25) is 0 Å². The summed E-state index contributed by atoms with van der Waals surface area (Å²) in [5.74, 6) is 0.625. The second-order valence-corrected chi connectivity index (χ2v) is 4.18. The average molecular weight is 308 g/mol. The molecule has 1 aromatic heterocycles. The summed E-state index contributed by atoms with van der Waals surface area (Å²) in [6.07, 6.45) is 1.80. The highest BCUT2D eigenvalue weighted by atomic mass is 127. The van der Waals surface area contributed by atoms with Crippen LogP contribution < -0.4 is 5.56 Å². The first-order chi connectivity index (χ1) is 6.60. The summed E-state index contributed by atoms with van der Waals surface area (Å²) in [5, 5.41) is 9.38. The number of hydrogen-bond acceptors (Lipinski definition) is 3. The van der Waals surface area contributed by atoms with Crippen molar-refractivity contribution in [2.75, 3.05) is 0 Å². The zero-order valence-electron chi connectivity index (χ0n) is 8.17. The van der Waals surface area contributed by atoms with Crippen LogP contribution >= 0.6 is 22.6 Å². The van der Waals surface area contributed by atoms with E-state index >= 15 is 0 Å². The summed E-state index contributed by atoms with van der Waals surface area (Å²) in [7, 11) is 0. The molecule has 1 heterocycles. The first kappa shape index (κ1) is 11.5. The van der Waals surface area contributed by atoms with E-state index in [0.717, 1.165) is 12.8 Å². The summed E-state index contributed by atoms with van der Waals surface area (Å²) in [6.45, 7) is 4.06. The van der Waals surface area contributed by atoms with Gasteiger partial charge in [0.15, 0.2) is 0 Å². The van der Waals surface area contributed by atoms with Gasteiger partial charge in [0, 0.05) is 5.92 Å². The van der Waals surface area contributed by atoms with E-state index < -0.39 is 0 Å². The summed E-state index contributed by atoms with van der Waals surface area (Å²) < 4.78 is 0.248.